The molecular formula is C13H17F2NO2. The van der Waals surface area contributed by atoms with Crippen LogP contribution in [0.15, 0.2) is 18.2 Å². The summed E-state index contributed by atoms with van der Waals surface area (Å²) in [5.41, 5.74) is -0.608. The first kappa shape index (κ1) is 14.6. The van der Waals surface area contributed by atoms with Gasteiger partial charge in [0.1, 0.15) is 0 Å². The predicted molar refractivity (Wildman–Crippen MR) is 64.2 cm³/mol. The van der Waals surface area contributed by atoms with Crippen molar-refractivity contribution in [3.8, 4) is 0 Å². The van der Waals surface area contributed by atoms with Gasteiger partial charge in [-0.2, -0.15) is 0 Å². The zero-order chi connectivity index (χ0) is 13.8. The zero-order valence-corrected chi connectivity index (χ0v) is 10.5. The van der Waals surface area contributed by atoms with E-state index in [1.165, 1.54) is 12.1 Å². The van der Waals surface area contributed by atoms with Gasteiger partial charge in [-0.15, -0.1) is 0 Å². The van der Waals surface area contributed by atoms with Gasteiger partial charge in [-0.3, -0.25) is 4.79 Å². The third kappa shape index (κ3) is 3.77. The molecular weight excluding hydrogens is 240 g/mol. The van der Waals surface area contributed by atoms with Gasteiger partial charge in [-0.1, -0.05) is 19.9 Å². The van der Waals surface area contributed by atoms with Gasteiger partial charge in [0.25, 0.3) is 5.91 Å². The van der Waals surface area contributed by atoms with Crippen LogP contribution in [0.25, 0.3) is 0 Å². The van der Waals surface area contributed by atoms with Crippen LogP contribution in [0.5, 0.6) is 0 Å². The van der Waals surface area contributed by atoms with Crippen LogP contribution in [0, 0.1) is 17.0 Å². The first-order chi connectivity index (χ1) is 8.37. The monoisotopic (exact) mass is 257 g/mol. The molecule has 1 amide bonds. The van der Waals surface area contributed by atoms with Crippen LogP contribution in [0.2, 0.25) is 0 Å². The first-order valence-corrected chi connectivity index (χ1v) is 5.70. The van der Waals surface area contributed by atoms with Crippen LogP contribution in [-0.2, 0) is 0 Å². The van der Waals surface area contributed by atoms with Gasteiger partial charge in [0.15, 0.2) is 11.6 Å². The van der Waals surface area contributed by atoms with Crippen molar-refractivity contribution in [3.05, 3.63) is 35.4 Å². The smallest absolute Gasteiger partial charge is 0.254 e. The maximum atomic E-state index is 13.3. The standard InChI is InChI=1S/C13H17F2NO2/c1-13(2,6-7-17)8-16-12(18)9-4-3-5-10(14)11(9)15/h3-5,17H,6-8H2,1-2H3,(H,16,18). The van der Waals surface area contributed by atoms with Crippen molar-refractivity contribution in [3.63, 3.8) is 0 Å². The number of aliphatic hydroxyl groups excluding tert-OH is 1. The summed E-state index contributed by atoms with van der Waals surface area (Å²) in [7, 11) is 0. The quantitative estimate of drug-likeness (QED) is 0.848. The Labute approximate surface area is 105 Å². The highest BCUT2D eigenvalue weighted by molar-refractivity contribution is 5.94. The SMILES string of the molecule is CC(C)(CCO)CNC(=O)c1cccc(F)c1F. The van der Waals surface area contributed by atoms with Crippen molar-refractivity contribution in [2.75, 3.05) is 13.2 Å². The van der Waals surface area contributed by atoms with E-state index in [-0.39, 0.29) is 24.1 Å². The van der Waals surface area contributed by atoms with Crippen LogP contribution in [0.3, 0.4) is 0 Å². The van der Waals surface area contributed by atoms with Crippen molar-refractivity contribution in [1.82, 2.24) is 5.32 Å². The van der Waals surface area contributed by atoms with E-state index >= 15 is 0 Å². The second kappa shape index (κ2) is 5.91. The lowest BCUT2D eigenvalue weighted by Crippen LogP contribution is -2.35. The molecule has 18 heavy (non-hydrogen) atoms. The number of aliphatic hydroxyl groups is 1. The fraction of sp³-hybridized carbons (Fsp3) is 0.462. The Bertz CT molecular complexity index is 433. The van der Waals surface area contributed by atoms with E-state index in [4.69, 9.17) is 5.11 Å². The van der Waals surface area contributed by atoms with Crippen LogP contribution >= 0.6 is 0 Å². The molecule has 0 unspecified atom stereocenters. The summed E-state index contributed by atoms with van der Waals surface area (Å²) in [5, 5.41) is 11.4. The minimum Gasteiger partial charge on any atom is -0.396 e. The second-order valence-electron chi connectivity index (χ2n) is 4.92. The van der Waals surface area contributed by atoms with Gasteiger partial charge in [0.05, 0.1) is 5.56 Å². The molecule has 0 atom stereocenters. The average Bonchev–Trinajstić information content (AvgIpc) is 2.30. The van der Waals surface area contributed by atoms with E-state index < -0.39 is 17.5 Å². The summed E-state index contributed by atoms with van der Waals surface area (Å²) >= 11 is 0. The Balaban J connectivity index is 2.69. The molecule has 0 spiro atoms. The average molecular weight is 257 g/mol. The molecule has 3 nitrogen and oxygen atoms in total. The summed E-state index contributed by atoms with van der Waals surface area (Å²) in [4.78, 5) is 11.7. The van der Waals surface area contributed by atoms with E-state index in [1.807, 2.05) is 13.8 Å². The number of halogens is 2. The highest BCUT2D eigenvalue weighted by Crippen LogP contribution is 2.18. The number of hydrogen-bond acceptors (Lipinski definition) is 2. The Hall–Kier alpha value is -1.49. The molecule has 1 aromatic rings. The Kier molecular flexibility index (Phi) is 4.78. The molecule has 0 fully saturated rings. The molecule has 100 valence electrons. The lowest BCUT2D eigenvalue weighted by molar-refractivity contribution is 0.0923. The van der Waals surface area contributed by atoms with E-state index in [1.54, 1.807) is 0 Å². The second-order valence-corrected chi connectivity index (χ2v) is 4.92. The fourth-order valence-corrected chi connectivity index (χ4v) is 1.48. The van der Waals surface area contributed by atoms with Crippen LogP contribution in [-0.4, -0.2) is 24.2 Å². The molecule has 0 aromatic heterocycles. The molecule has 0 saturated carbocycles. The largest absolute Gasteiger partial charge is 0.396 e. The lowest BCUT2D eigenvalue weighted by Gasteiger charge is -2.23. The van der Waals surface area contributed by atoms with Crippen molar-refractivity contribution in [1.29, 1.82) is 0 Å². The molecule has 5 heteroatoms. The minimum absolute atomic E-state index is 0.0111. The van der Waals surface area contributed by atoms with Crippen LogP contribution in [0.1, 0.15) is 30.6 Å². The lowest BCUT2D eigenvalue weighted by atomic mass is 9.89. The van der Waals surface area contributed by atoms with Gasteiger partial charge < -0.3 is 10.4 Å². The molecule has 0 heterocycles. The van der Waals surface area contributed by atoms with Crippen LogP contribution in [0.4, 0.5) is 8.78 Å². The number of hydrogen-bond donors (Lipinski definition) is 2. The zero-order valence-electron chi connectivity index (χ0n) is 10.5. The minimum atomic E-state index is -1.14. The van der Waals surface area contributed by atoms with Crippen molar-refractivity contribution in [2.24, 2.45) is 5.41 Å². The van der Waals surface area contributed by atoms with Gasteiger partial charge in [-0.25, -0.2) is 8.78 Å². The van der Waals surface area contributed by atoms with E-state index in [9.17, 15) is 13.6 Å². The van der Waals surface area contributed by atoms with Crippen molar-refractivity contribution >= 4 is 5.91 Å². The molecule has 0 aliphatic carbocycles. The highest BCUT2D eigenvalue weighted by Gasteiger charge is 2.20. The third-order valence-electron chi connectivity index (χ3n) is 2.71. The number of carbonyl (C=O) groups excluding carboxylic acids is 1. The summed E-state index contributed by atoms with van der Waals surface area (Å²) in [6.07, 6.45) is 0.513. The van der Waals surface area contributed by atoms with E-state index in [0.717, 1.165) is 6.07 Å². The van der Waals surface area contributed by atoms with Crippen molar-refractivity contribution < 1.29 is 18.7 Å². The fourth-order valence-electron chi connectivity index (χ4n) is 1.48. The van der Waals surface area contributed by atoms with E-state index in [2.05, 4.69) is 5.32 Å². The Morgan fingerprint density at radius 1 is 1.39 bits per heavy atom. The maximum absolute atomic E-state index is 13.3. The van der Waals surface area contributed by atoms with Crippen LogP contribution < -0.4 is 5.32 Å². The van der Waals surface area contributed by atoms with Gasteiger partial charge >= 0.3 is 0 Å². The van der Waals surface area contributed by atoms with Gasteiger partial charge in [0.2, 0.25) is 0 Å². The Morgan fingerprint density at radius 2 is 2.06 bits per heavy atom. The number of carbonyl (C=O) groups is 1. The number of rotatable bonds is 5. The molecule has 0 bridgehead atoms. The summed E-state index contributed by atoms with van der Waals surface area (Å²) in [5.74, 6) is -2.84. The summed E-state index contributed by atoms with van der Waals surface area (Å²) in [6, 6.07) is 3.47. The Morgan fingerprint density at radius 3 is 2.67 bits per heavy atom. The molecule has 2 N–H and O–H groups in total. The van der Waals surface area contributed by atoms with E-state index in [0.29, 0.717) is 6.42 Å². The number of nitrogens with one attached hydrogen (secondary N) is 1. The number of benzene rings is 1. The van der Waals surface area contributed by atoms with Gasteiger partial charge in [0, 0.05) is 13.2 Å². The topological polar surface area (TPSA) is 49.3 Å². The molecule has 1 aromatic carbocycles. The molecule has 0 radical (unpaired) electrons. The molecule has 0 aliphatic heterocycles. The molecule has 0 aliphatic rings. The molecule has 1 rings (SSSR count). The summed E-state index contributed by atoms with van der Waals surface area (Å²) < 4.78 is 26.3. The van der Waals surface area contributed by atoms with Crippen molar-refractivity contribution in [2.45, 2.75) is 20.3 Å². The highest BCUT2D eigenvalue weighted by atomic mass is 19.2. The maximum Gasteiger partial charge on any atom is 0.254 e. The van der Waals surface area contributed by atoms with Gasteiger partial charge in [-0.05, 0) is 24.0 Å². The predicted octanol–water partition coefficient (Wildman–Crippen LogP) is 2.10. The summed E-state index contributed by atoms with van der Waals surface area (Å²) in [6.45, 7) is 4.02. The first-order valence-electron chi connectivity index (χ1n) is 5.70. The molecule has 0 saturated heterocycles. The number of amides is 1. The third-order valence-corrected chi connectivity index (χ3v) is 2.71. The normalized spacial score (nSPS) is 11.4.